The zero-order chi connectivity index (χ0) is 53.8. The van der Waals surface area contributed by atoms with Gasteiger partial charge in [-0.05, 0) is 146 Å². The van der Waals surface area contributed by atoms with Crippen LogP contribution < -0.4 is 54.1 Å². The van der Waals surface area contributed by atoms with Crippen LogP contribution in [0.3, 0.4) is 0 Å². The monoisotopic (exact) mass is 1100 g/mol. The Balaban J connectivity index is 0.758. The Morgan fingerprint density at radius 3 is 0.480 bits per heavy atom. The molecular formula is C54H58N2O14Si5. The maximum atomic E-state index is 12.0. The lowest BCUT2D eigenvalue weighted by molar-refractivity contribution is -0.121. The highest BCUT2D eigenvalue weighted by atomic mass is 28.4. The van der Waals surface area contributed by atoms with Crippen LogP contribution in [-0.4, -0.2) is 66.4 Å². The smallest absolute Gasteiger partial charge is 0.454 e. The van der Waals surface area contributed by atoms with Crippen LogP contribution in [0.5, 0.6) is 57.5 Å². The molecule has 0 saturated carbocycles. The molecule has 0 unspecified atom stereocenters. The van der Waals surface area contributed by atoms with E-state index in [4.69, 9.17) is 44.3 Å². The molecule has 16 nitrogen and oxygen atoms in total. The second-order valence-corrected chi connectivity index (χ2v) is 35.6. The molecule has 2 heterocycles. The van der Waals surface area contributed by atoms with E-state index >= 15 is 0 Å². The minimum absolute atomic E-state index is 0.378. The number of rotatable bonds is 22. The van der Waals surface area contributed by atoms with Gasteiger partial charge in [0.15, 0.2) is 0 Å². The summed E-state index contributed by atoms with van der Waals surface area (Å²) in [7, 11) is -13.5. The molecule has 0 bridgehead atoms. The number of hydrogen-bond acceptors (Lipinski definition) is 14. The van der Waals surface area contributed by atoms with E-state index in [1.807, 2.05) is 163 Å². The minimum atomic E-state index is -2.71. The SMILES string of the molecule is C[Si](C)(Oc1ccc(O[Si](C)(C)Oc2ccc(O[Si](C)(C)Oc3ccc(N4C(=O)C=CC4=O)cc3)cc2)cc1)Oc1ccc(O[Si](C)(C)Oc2ccc(O[Si](C)(C)Oc3ccc(N4C(=O)C=CC4=O)cc3)cc2)cc1. The van der Waals surface area contributed by atoms with Crippen LogP contribution in [0, 0.1) is 0 Å². The number of amides is 4. The molecule has 21 heteroatoms. The number of carbonyl (C=O) groups excluding carboxylic acids is 4. The topological polar surface area (TPSA) is 167 Å². The number of benzene rings is 6. The number of imide groups is 2. The van der Waals surface area contributed by atoms with Crippen molar-refractivity contribution in [2.75, 3.05) is 9.80 Å². The molecule has 0 atom stereocenters. The lowest BCUT2D eigenvalue weighted by atomic mass is 10.3. The van der Waals surface area contributed by atoms with Crippen LogP contribution in [0.25, 0.3) is 0 Å². The molecule has 2 aliphatic heterocycles. The first kappa shape index (κ1) is 53.5. The molecule has 4 amide bonds. The molecule has 8 rings (SSSR count). The lowest BCUT2D eigenvalue weighted by Crippen LogP contribution is -2.42. The number of anilines is 2. The molecule has 6 aromatic rings. The molecular weight excluding hydrogens is 1040 g/mol. The van der Waals surface area contributed by atoms with Crippen molar-refractivity contribution < 1.29 is 63.4 Å². The Labute approximate surface area is 441 Å². The molecule has 0 saturated heterocycles. The van der Waals surface area contributed by atoms with E-state index in [1.165, 1.54) is 24.3 Å². The Kier molecular flexibility index (Phi) is 15.4. The van der Waals surface area contributed by atoms with E-state index in [9.17, 15) is 19.2 Å². The van der Waals surface area contributed by atoms with Crippen LogP contribution in [0.2, 0.25) is 65.5 Å². The Bertz CT molecular complexity index is 2850. The summed E-state index contributed by atoms with van der Waals surface area (Å²) in [5.74, 6) is 4.75. The molecule has 75 heavy (non-hydrogen) atoms. The van der Waals surface area contributed by atoms with Crippen LogP contribution >= 0.6 is 0 Å². The fourth-order valence-corrected chi connectivity index (χ4v) is 15.1. The van der Waals surface area contributed by atoms with Gasteiger partial charge in [-0.3, -0.25) is 19.2 Å². The van der Waals surface area contributed by atoms with Gasteiger partial charge in [0.25, 0.3) is 23.6 Å². The van der Waals surface area contributed by atoms with E-state index in [2.05, 4.69) is 0 Å². The molecule has 0 N–H and O–H groups in total. The van der Waals surface area contributed by atoms with Gasteiger partial charge in [-0.1, -0.05) is 0 Å². The predicted octanol–water partition coefficient (Wildman–Crippen LogP) is 11.3. The summed E-state index contributed by atoms with van der Waals surface area (Å²) in [6.45, 7) is 19.5. The van der Waals surface area contributed by atoms with Crippen molar-refractivity contribution in [2.45, 2.75) is 65.5 Å². The Morgan fingerprint density at radius 2 is 0.347 bits per heavy atom. The van der Waals surface area contributed by atoms with Gasteiger partial charge in [0.05, 0.1) is 11.4 Å². The predicted molar refractivity (Wildman–Crippen MR) is 296 cm³/mol. The maximum Gasteiger partial charge on any atom is 0.454 e. The summed E-state index contributed by atoms with van der Waals surface area (Å²) in [6.07, 6.45) is 4.99. The van der Waals surface area contributed by atoms with Gasteiger partial charge in [-0.15, -0.1) is 0 Å². The fourth-order valence-electron chi connectivity index (χ4n) is 7.88. The third-order valence-corrected chi connectivity index (χ3v) is 18.0. The first-order valence-corrected chi connectivity index (χ1v) is 38.1. The van der Waals surface area contributed by atoms with Gasteiger partial charge >= 0.3 is 42.8 Å². The number of hydrogen-bond donors (Lipinski definition) is 0. The van der Waals surface area contributed by atoms with Gasteiger partial charge in [0.2, 0.25) is 0 Å². The van der Waals surface area contributed by atoms with Crippen LogP contribution in [0.4, 0.5) is 11.4 Å². The summed E-state index contributed by atoms with van der Waals surface area (Å²) in [5, 5.41) is 0. The van der Waals surface area contributed by atoms with Gasteiger partial charge in [0, 0.05) is 89.8 Å². The van der Waals surface area contributed by atoms with Crippen molar-refractivity contribution in [1.29, 1.82) is 0 Å². The highest BCUT2D eigenvalue weighted by molar-refractivity contribution is 6.67. The maximum absolute atomic E-state index is 12.0. The van der Waals surface area contributed by atoms with Crippen LogP contribution in [-0.2, 0) is 19.2 Å². The number of nitrogens with zero attached hydrogens (tertiary/aromatic N) is 2. The van der Waals surface area contributed by atoms with Crippen molar-refractivity contribution in [3.63, 3.8) is 0 Å². The van der Waals surface area contributed by atoms with Crippen molar-refractivity contribution in [3.8, 4) is 57.5 Å². The third-order valence-electron chi connectivity index (χ3n) is 10.7. The summed E-state index contributed by atoms with van der Waals surface area (Å²) in [4.78, 5) is 50.3. The summed E-state index contributed by atoms with van der Waals surface area (Å²) < 4.78 is 63.1. The van der Waals surface area contributed by atoms with Crippen LogP contribution in [0.15, 0.2) is 170 Å². The largest absolute Gasteiger partial charge is 0.512 e. The van der Waals surface area contributed by atoms with Crippen molar-refractivity contribution in [1.82, 2.24) is 0 Å². The van der Waals surface area contributed by atoms with E-state index in [1.54, 1.807) is 48.5 Å². The van der Waals surface area contributed by atoms with Gasteiger partial charge in [-0.2, -0.15) is 0 Å². The molecule has 0 radical (unpaired) electrons. The molecule has 388 valence electrons. The highest BCUT2D eigenvalue weighted by Crippen LogP contribution is 2.32. The van der Waals surface area contributed by atoms with Crippen LogP contribution in [0.1, 0.15) is 0 Å². The second-order valence-electron chi connectivity index (χ2n) is 19.6. The second kappa shape index (κ2) is 21.6. The summed E-state index contributed by atoms with van der Waals surface area (Å²) in [5.41, 5.74) is 0.940. The fraction of sp³-hybridized carbons (Fsp3) is 0.185. The first-order chi connectivity index (χ1) is 35.4. The molecule has 0 aromatic heterocycles. The normalized spacial score (nSPS) is 13.9. The number of carbonyl (C=O) groups is 4. The Hall–Kier alpha value is -7.84. The van der Waals surface area contributed by atoms with E-state index in [-0.39, 0.29) is 23.6 Å². The standard InChI is InChI=1S/C54H58N2O14Si5/c1-71(2,61-41-15-11-39(12-16-41)55-51(57)35-36-52(55)58)63-43-19-23-45(24-20-43)65-73(5,6)67-47-27-31-49(32-28-47)69-75(9,10)70-50-33-29-48(30-34-50)68-74(7,8)66-46-25-21-44(22-26-46)64-72(3,4)62-42-17-13-40(14-18-42)56-53(59)37-38-54(56)60/h11-38H,1-10H3. The van der Waals surface area contributed by atoms with Crippen molar-refractivity contribution >= 4 is 77.8 Å². The van der Waals surface area contributed by atoms with Gasteiger partial charge in [0.1, 0.15) is 57.5 Å². The third kappa shape index (κ3) is 14.7. The first-order valence-electron chi connectivity index (χ1n) is 24.0. The van der Waals surface area contributed by atoms with Crippen molar-refractivity contribution in [2.24, 2.45) is 0 Å². The minimum Gasteiger partial charge on any atom is -0.512 e. The zero-order valence-corrected chi connectivity index (χ0v) is 48.3. The lowest BCUT2D eigenvalue weighted by Gasteiger charge is -2.27. The van der Waals surface area contributed by atoms with Gasteiger partial charge in [-0.25, -0.2) is 9.80 Å². The Morgan fingerprint density at radius 1 is 0.227 bits per heavy atom. The summed E-state index contributed by atoms with van der Waals surface area (Å²) >= 11 is 0. The molecule has 0 aliphatic carbocycles. The molecule has 0 spiro atoms. The quantitative estimate of drug-likeness (QED) is 0.0465. The van der Waals surface area contributed by atoms with Crippen molar-refractivity contribution in [3.05, 3.63) is 170 Å². The average Bonchev–Trinajstić information content (AvgIpc) is 3.85. The highest BCUT2D eigenvalue weighted by Gasteiger charge is 2.35. The zero-order valence-electron chi connectivity index (χ0n) is 43.3. The average molecular weight is 1100 g/mol. The van der Waals surface area contributed by atoms with E-state index < -0.39 is 42.8 Å². The van der Waals surface area contributed by atoms with E-state index in [0.29, 0.717) is 68.9 Å². The summed E-state index contributed by atoms with van der Waals surface area (Å²) in [6, 6.07) is 43.0. The molecule has 0 fully saturated rings. The van der Waals surface area contributed by atoms with E-state index in [0.717, 1.165) is 9.80 Å². The molecule has 6 aromatic carbocycles. The molecule has 2 aliphatic rings. The van der Waals surface area contributed by atoms with Gasteiger partial charge < -0.3 is 44.3 Å².